The summed E-state index contributed by atoms with van der Waals surface area (Å²) in [6.07, 6.45) is 3.22. The van der Waals surface area contributed by atoms with Gasteiger partial charge >= 0.3 is 0 Å². The molecule has 1 aromatic heterocycles. The average molecular weight is 284 g/mol. The van der Waals surface area contributed by atoms with E-state index in [0.29, 0.717) is 6.54 Å². The molecule has 0 radical (unpaired) electrons. The lowest BCUT2D eigenvalue weighted by atomic mass is 10.2. The van der Waals surface area contributed by atoms with Gasteiger partial charge in [0.1, 0.15) is 5.25 Å². The number of aryl methyl sites for hydroxylation is 1. The molecule has 0 saturated heterocycles. The molecule has 0 saturated carbocycles. The van der Waals surface area contributed by atoms with Crippen LogP contribution >= 0.6 is 0 Å². The van der Waals surface area contributed by atoms with Crippen molar-refractivity contribution >= 4 is 15.7 Å². The van der Waals surface area contributed by atoms with Gasteiger partial charge in [-0.2, -0.15) is 0 Å². The molecule has 1 rings (SSSR count). The van der Waals surface area contributed by atoms with Crippen molar-refractivity contribution in [1.82, 2.24) is 10.3 Å². The first-order valence-corrected chi connectivity index (χ1v) is 8.08. The third-order valence-corrected chi connectivity index (χ3v) is 5.04. The maximum atomic E-state index is 11.7. The highest BCUT2D eigenvalue weighted by atomic mass is 32.2. The van der Waals surface area contributed by atoms with Crippen LogP contribution in [0.2, 0.25) is 0 Å². The van der Waals surface area contributed by atoms with Gasteiger partial charge in [-0.3, -0.25) is 9.78 Å². The Morgan fingerprint density at radius 2 is 2.16 bits per heavy atom. The van der Waals surface area contributed by atoms with Gasteiger partial charge in [-0.1, -0.05) is 13.0 Å². The first-order valence-electron chi connectivity index (χ1n) is 6.36. The molecule has 0 unspecified atom stereocenters. The number of sulfone groups is 1. The van der Waals surface area contributed by atoms with Crippen LogP contribution in [0.15, 0.2) is 24.4 Å². The Bertz CT molecular complexity index is 500. The smallest absolute Gasteiger partial charge is 0.238 e. The van der Waals surface area contributed by atoms with Crippen molar-refractivity contribution in [2.24, 2.45) is 0 Å². The first kappa shape index (κ1) is 15.6. The second-order valence-corrected chi connectivity index (χ2v) is 6.92. The molecule has 1 aromatic rings. The molecule has 1 heterocycles. The summed E-state index contributed by atoms with van der Waals surface area (Å²) in [5.74, 6) is -0.446. The lowest BCUT2D eigenvalue weighted by Gasteiger charge is -2.11. The van der Waals surface area contributed by atoms with Gasteiger partial charge < -0.3 is 5.32 Å². The fourth-order valence-corrected chi connectivity index (χ4v) is 2.49. The van der Waals surface area contributed by atoms with E-state index in [2.05, 4.69) is 10.3 Å². The normalized spacial score (nSPS) is 12.9. The molecule has 0 aliphatic rings. The van der Waals surface area contributed by atoms with Crippen LogP contribution in [0, 0.1) is 0 Å². The molecule has 0 fully saturated rings. The summed E-state index contributed by atoms with van der Waals surface area (Å²) in [5, 5.41) is 1.67. The lowest BCUT2D eigenvalue weighted by molar-refractivity contribution is -0.120. The fourth-order valence-electron chi connectivity index (χ4n) is 1.58. The molecule has 1 N–H and O–H groups in total. The Balaban J connectivity index is 2.32. The van der Waals surface area contributed by atoms with E-state index < -0.39 is 21.0 Å². The van der Waals surface area contributed by atoms with E-state index in [4.69, 9.17) is 0 Å². The quantitative estimate of drug-likeness (QED) is 0.756. The Morgan fingerprint density at radius 3 is 2.74 bits per heavy atom. The Hall–Kier alpha value is -1.43. The molecule has 0 bridgehead atoms. The summed E-state index contributed by atoms with van der Waals surface area (Å²) < 4.78 is 23.0. The van der Waals surface area contributed by atoms with Gasteiger partial charge in [0.25, 0.3) is 0 Å². The number of carbonyl (C=O) groups excluding carboxylic acids is 1. The van der Waals surface area contributed by atoms with E-state index in [0.717, 1.165) is 18.5 Å². The number of hydrogen-bond donors (Lipinski definition) is 1. The fraction of sp³-hybridized carbons (Fsp3) is 0.538. The molecule has 1 atom stereocenters. The highest BCUT2D eigenvalue weighted by molar-refractivity contribution is 7.92. The van der Waals surface area contributed by atoms with Crippen molar-refractivity contribution < 1.29 is 13.2 Å². The zero-order valence-electron chi connectivity index (χ0n) is 11.3. The summed E-state index contributed by atoms with van der Waals surface area (Å²) >= 11 is 0. The van der Waals surface area contributed by atoms with E-state index in [1.165, 1.54) is 6.92 Å². The third kappa shape index (κ3) is 4.98. The monoisotopic (exact) mass is 284 g/mol. The van der Waals surface area contributed by atoms with E-state index in [1.54, 1.807) is 13.1 Å². The van der Waals surface area contributed by atoms with Gasteiger partial charge in [-0.25, -0.2) is 8.42 Å². The van der Waals surface area contributed by atoms with Crippen molar-refractivity contribution in [1.29, 1.82) is 0 Å². The van der Waals surface area contributed by atoms with Crippen molar-refractivity contribution in [3.63, 3.8) is 0 Å². The number of hydrogen-bond acceptors (Lipinski definition) is 4. The van der Waals surface area contributed by atoms with E-state index in [1.807, 2.05) is 18.2 Å². The zero-order valence-corrected chi connectivity index (χ0v) is 12.1. The van der Waals surface area contributed by atoms with Crippen molar-refractivity contribution in [2.75, 3.05) is 12.3 Å². The molecular weight excluding hydrogens is 264 g/mol. The van der Waals surface area contributed by atoms with E-state index >= 15 is 0 Å². The predicted octanol–water partition coefficient (Wildman–Crippen LogP) is 0.954. The van der Waals surface area contributed by atoms with E-state index in [9.17, 15) is 13.2 Å². The van der Waals surface area contributed by atoms with Crippen LogP contribution in [-0.2, 0) is 21.1 Å². The molecule has 106 valence electrons. The minimum absolute atomic E-state index is 0.0183. The Morgan fingerprint density at radius 1 is 1.42 bits per heavy atom. The highest BCUT2D eigenvalue weighted by Gasteiger charge is 2.25. The standard InChI is InChI=1S/C13H20N2O3S/c1-3-19(17,18)11(2)13(16)15-10-6-8-12-7-4-5-9-14-12/h4-5,7,9,11H,3,6,8,10H2,1-2H3,(H,15,16)/t11-/m1/s1. The second-order valence-electron chi connectivity index (χ2n) is 4.31. The Labute approximate surface area is 114 Å². The minimum atomic E-state index is -3.31. The molecule has 0 aliphatic carbocycles. The molecule has 1 amide bonds. The summed E-state index contributed by atoms with van der Waals surface area (Å²) in [5.41, 5.74) is 0.964. The summed E-state index contributed by atoms with van der Waals surface area (Å²) in [6.45, 7) is 3.42. The minimum Gasteiger partial charge on any atom is -0.355 e. The van der Waals surface area contributed by atoms with Crippen LogP contribution in [-0.4, -0.2) is 36.9 Å². The highest BCUT2D eigenvalue weighted by Crippen LogP contribution is 2.02. The van der Waals surface area contributed by atoms with E-state index in [-0.39, 0.29) is 5.75 Å². The van der Waals surface area contributed by atoms with Crippen LogP contribution in [0.4, 0.5) is 0 Å². The molecular formula is C13H20N2O3S. The second kappa shape index (κ2) is 7.23. The van der Waals surface area contributed by atoms with Gasteiger partial charge in [-0.15, -0.1) is 0 Å². The molecule has 0 aromatic carbocycles. The average Bonchev–Trinajstić information content (AvgIpc) is 2.43. The number of carbonyl (C=O) groups is 1. The van der Waals surface area contributed by atoms with Crippen LogP contribution < -0.4 is 5.32 Å². The van der Waals surface area contributed by atoms with Gasteiger partial charge in [0.05, 0.1) is 0 Å². The van der Waals surface area contributed by atoms with Crippen molar-refractivity contribution in [3.8, 4) is 0 Å². The van der Waals surface area contributed by atoms with Gasteiger partial charge in [0.2, 0.25) is 5.91 Å². The number of amides is 1. The van der Waals surface area contributed by atoms with Gasteiger partial charge in [0, 0.05) is 24.2 Å². The number of aromatic nitrogens is 1. The largest absolute Gasteiger partial charge is 0.355 e. The first-order chi connectivity index (χ1) is 8.97. The van der Waals surface area contributed by atoms with Crippen LogP contribution in [0.25, 0.3) is 0 Å². The molecule has 0 aliphatic heterocycles. The molecule has 6 heteroatoms. The number of nitrogens with one attached hydrogen (secondary N) is 1. The lowest BCUT2D eigenvalue weighted by Crippen LogP contribution is -2.39. The van der Waals surface area contributed by atoms with Crippen molar-refractivity contribution in [2.45, 2.75) is 31.9 Å². The number of rotatable bonds is 7. The number of nitrogens with zero attached hydrogens (tertiary/aromatic N) is 1. The summed E-state index contributed by atoms with van der Waals surface area (Å²) in [4.78, 5) is 15.8. The molecule has 19 heavy (non-hydrogen) atoms. The maximum absolute atomic E-state index is 11.7. The summed E-state index contributed by atoms with van der Waals surface area (Å²) in [7, 11) is -3.31. The van der Waals surface area contributed by atoms with Gasteiger partial charge in [-0.05, 0) is 31.9 Å². The molecule has 0 spiro atoms. The van der Waals surface area contributed by atoms with Crippen LogP contribution in [0.3, 0.4) is 0 Å². The topological polar surface area (TPSA) is 76.1 Å². The third-order valence-electron chi connectivity index (χ3n) is 2.95. The zero-order chi connectivity index (χ0) is 14.3. The molecule has 5 nitrogen and oxygen atoms in total. The van der Waals surface area contributed by atoms with Crippen molar-refractivity contribution in [3.05, 3.63) is 30.1 Å². The van der Waals surface area contributed by atoms with Gasteiger partial charge in [0.15, 0.2) is 9.84 Å². The SMILES string of the molecule is CCS(=O)(=O)[C@H](C)C(=O)NCCCc1ccccn1. The number of pyridine rings is 1. The maximum Gasteiger partial charge on any atom is 0.238 e. The van der Waals surface area contributed by atoms with Crippen LogP contribution in [0.1, 0.15) is 26.0 Å². The Kier molecular flexibility index (Phi) is 5.95. The summed E-state index contributed by atoms with van der Waals surface area (Å²) in [6, 6.07) is 5.69. The predicted molar refractivity (Wildman–Crippen MR) is 74.5 cm³/mol. The van der Waals surface area contributed by atoms with Crippen LogP contribution in [0.5, 0.6) is 0 Å².